The van der Waals surface area contributed by atoms with Crippen LogP contribution < -0.4 is 11.1 Å². The number of hydrogen-bond donors (Lipinski definition) is 2. The molecule has 0 atom stereocenters. The molecule has 2 amide bonds. The molecule has 0 spiro atoms. The van der Waals surface area contributed by atoms with Crippen molar-refractivity contribution in [1.29, 1.82) is 0 Å². The summed E-state index contributed by atoms with van der Waals surface area (Å²) in [6.07, 6.45) is 0.524. The van der Waals surface area contributed by atoms with E-state index in [2.05, 4.69) is 25.2 Å². The third-order valence-electron chi connectivity index (χ3n) is 6.55. The molecule has 0 fully saturated rings. The van der Waals surface area contributed by atoms with Gasteiger partial charge in [-0.15, -0.1) is 0 Å². The van der Waals surface area contributed by atoms with Gasteiger partial charge in [-0.25, -0.2) is 4.39 Å². The van der Waals surface area contributed by atoms with Crippen LogP contribution in [0.25, 0.3) is 33.4 Å². The smallest absolute Gasteiger partial charge is 0.253 e. The van der Waals surface area contributed by atoms with Crippen molar-refractivity contribution in [2.45, 2.75) is 20.3 Å². The van der Waals surface area contributed by atoms with Gasteiger partial charge in [-0.05, 0) is 83.1 Å². The molecule has 0 aliphatic carbocycles. The Hall–Kier alpha value is -4.71. The van der Waals surface area contributed by atoms with Gasteiger partial charge in [0.25, 0.3) is 11.8 Å². The van der Waals surface area contributed by atoms with E-state index in [1.165, 1.54) is 12.1 Å². The number of fused-ring (bicyclic) bond motifs is 1. The average Bonchev–Trinajstić information content (AvgIpc) is 3.31. The maximum atomic E-state index is 13.5. The van der Waals surface area contributed by atoms with Crippen LogP contribution >= 0.6 is 0 Å². The standard InChI is InChI=1S/C33H29FN2O3/c1-20(2)19-36-33(38)26-16-22(15-25(18-26)23-6-4-3-5-7-23)14-21-8-13-29-28(17-21)30(32(35)37)31(39-29)24-9-11-27(34)12-10-24/h3-13,15-18,20H,14,19H2,1-2H3,(H2,35,37)(H,36,38). The molecule has 0 aliphatic rings. The molecule has 0 saturated carbocycles. The Bertz CT molecular complexity index is 1650. The van der Waals surface area contributed by atoms with Crippen LogP contribution in [0, 0.1) is 11.7 Å². The number of carbonyl (C=O) groups is 2. The van der Waals surface area contributed by atoms with Crippen molar-refractivity contribution < 1.29 is 18.4 Å². The molecule has 196 valence electrons. The van der Waals surface area contributed by atoms with Gasteiger partial charge in [-0.1, -0.05) is 56.3 Å². The van der Waals surface area contributed by atoms with E-state index in [1.54, 1.807) is 18.2 Å². The predicted octanol–water partition coefficient (Wildman–Crippen LogP) is 6.98. The van der Waals surface area contributed by atoms with E-state index in [0.717, 1.165) is 22.3 Å². The predicted molar refractivity (Wildman–Crippen MR) is 152 cm³/mol. The highest BCUT2D eigenvalue weighted by Gasteiger charge is 2.21. The van der Waals surface area contributed by atoms with E-state index in [4.69, 9.17) is 10.2 Å². The molecule has 4 aromatic carbocycles. The zero-order valence-corrected chi connectivity index (χ0v) is 21.8. The molecule has 0 bridgehead atoms. The fourth-order valence-electron chi connectivity index (χ4n) is 4.66. The van der Waals surface area contributed by atoms with Crippen LogP contribution in [0.5, 0.6) is 0 Å². The molecule has 0 saturated heterocycles. The van der Waals surface area contributed by atoms with E-state index in [0.29, 0.717) is 46.7 Å². The Morgan fingerprint density at radius 1 is 0.846 bits per heavy atom. The molecule has 0 radical (unpaired) electrons. The second-order valence-electron chi connectivity index (χ2n) is 10.1. The molecular formula is C33H29FN2O3. The van der Waals surface area contributed by atoms with Crippen LogP contribution in [0.3, 0.4) is 0 Å². The molecule has 5 nitrogen and oxygen atoms in total. The first-order valence-corrected chi connectivity index (χ1v) is 12.9. The number of nitrogens with one attached hydrogen (secondary N) is 1. The average molecular weight is 521 g/mol. The van der Waals surface area contributed by atoms with Crippen molar-refractivity contribution in [2.24, 2.45) is 11.7 Å². The van der Waals surface area contributed by atoms with Crippen molar-refractivity contribution >= 4 is 22.8 Å². The number of primary amides is 1. The lowest BCUT2D eigenvalue weighted by Gasteiger charge is -2.12. The number of hydrogen-bond acceptors (Lipinski definition) is 3. The Morgan fingerprint density at radius 3 is 2.28 bits per heavy atom. The number of amides is 2. The number of nitrogens with two attached hydrogens (primary N) is 1. The van der Waals surface area contributed by atoms with Gasteiger partial charge >= 0.3 is 0 Å². The van der Waals surface area contributed by atoms with Gasteiger partial charge in [-0.3, -0.25) is 9.59 Å². The summed E-state index contributed by atoms with van der Waals surface area (Å²) in [7, 11) is 0. The fourth-order valence-corrected chi connectivity index (χ4v) is 4.66. The van der Waals surface area contributed by atoms with Crippen molar-refractivity contribution in [3.63, 3.8) is 0 Å². The van der Waals surface area contributed by atoms with Crippen molar-refractivity contribution in [2.75, 3.05) is 6.54 Å². The summed E-state index contributed by atoms with van der Waals surface area (Å²) >= 11 is 0. The monoisotopic (exact) mass is 520 g/mol. The third-order valence-corrected chi connectivity index (χ3v) is 6.55. The van der Waals surface area contributed by atoms with Crippen LogP contribution in [0.15, 0.2) is 95.4 Å². The zero-order valence-electron chi connectivity index (χ0n) is 21.8. The summed E-state index contributed by atoms with van der Waals surface area (Å²) < 4.78 is 19.5. The second kappa shape index (κ2) is 11.0. The van der Waals surface area contributed by atoms with Gasteiger partial charge in [0.05, 0.1) is 5.56 Å². The lowest BCUT2D eigenvalue weighted by Crippen LogP contribution is -2.27. The van der Waals surface area contributed by atoms with Crippen molar-refractivity contribution in [1.82, 2.24) is 5.32 Å². The van der Waals surface area contributed by atoms with Gasteiger partial charge < -0.3 is 15.5 Å². The Balaban J connectivity index is 1.54. The molecule has 0 aliphatic heterocycles. The summed E-state index contributed by atoms with van der Waals surface area (Å²) in [4.78, 5) is 25.5. The number of benzene rings is 4. The highest BCUT2D eigenvalue weighted by Crippen LogP contribution is 2.35. The van der Waals surface area contributed by atoms with Gasteiger partial charge in [0, 0.05) is 23.1 Å². The molecule has 1 aromatic heterocycles. The van der Waals surface area contributed by atoms with Gasteiger partial charge in [0.2, 0.25) is 0 Å². The van der Waals surface area contributed by atoms with Gasteiger partial charge in [0.1, 0.15) is 17.2 Å². The molecule has 6 heteroatoms. The summed E-state index contributed by atoms with van der Waals surface area (Å²) in [6, 6.07) is 27.2. The van der Waals surface area contributed by atoms with E-state index >= 15 is 0 Å². The maximum absolute atomic E-state index is 13.5. The highest BCUT2D eigenvalue weighted by atomic mass is 19.1. The van der Waals surface area contributed by atoms with Crippen LogP contribution in [0.4, 0.5) is 4.39 Å². The van der Waals surface area contributed by atoms with E-state index in [1.807, 2.05) is 54.6 Å². The molecule has 3 N–H and O–H groups in total. The number of rotatable bonds is 8. The van der Waals surface area contributed by atoms with Gasteiger partial charge in [0.15, 0.2) is 0 Å². The summed E-state index contributed by atoms with van der Waals surface area (Å²) in [5, 5.41) is 3.60. The van der Waals surface area contributed by atoms with Crippen molar-refractivity contribution in [3.8, 4) is 22.5 Å². The summed E-state index contributed by atoms with van der Waals surface area (Å²) in [5.74, 6) is -0.474. The maximum Gasteiger partial charge on any atom is 0.253 e. The Labute approximate surface area is 226 Å². The minimum Gasteiger partial charge on any atom is -0.455 e. The van der Waals surface area contributed by atoms with E-state index in [9.17, 15) is 14.0 Å². The normalized spacial score (nSPS) is 11.2. The molecule has 1 heterocycles. The molecular weight excluding hydrogens is 491 g/mol. The largest absolute Gasteiger partial charge is 0.455 e. The Kier molecular flexibility index (Phi) is 7.28. The second-order valence-corrected chi connectivity index (χ2v) is 10.1. The first kappa shape index (κ1) is 25.9. The van der Waals surface area contributed by atoms with Crippen LogP contribution in [-0.2, 0) is 6.42 Å². The van der Waals surface area contributed by atoms with Gasteiger partial charge in [-0.2, -0.15) is 0 Å². The van der Waals surface area contributed by atoms with Crippen LogP contribution in [0.2, 0.25) is 0 Å². The van der Waals surface area contributed by atoms with E-state index < -0.39 is 5.91 Å². The minimum atomic E-state index is -0.625. The molecule has 5 aromatic rings. The highest BCUT2D eigenvalue weighted by molar-refractivity contribution is 6.10. The zero-order chi connectivity index (χ0) is 27.5. The molecule has 39 heavy (non-hydrogen) atoms. The third kappa shape index (κ3) is 5.75. The SMILES string of the molecule is CC(C)CNC(=O)c1cc(Cc2ccc3oc(-c4ccc(F)cc4)c(C(N)=O)c3c2)cc(-c2ccccc2)c1. The summed E-state index contributed by atoms with van der Waals surface area (Å²) in [6.45, 7) is 4.70. The fraction of sp³-hybridized carbons (Fsp3) is 0.152. The first-order valence-electron chi connectivity index (χ1n) is 12.9. The molecule has 5 rings (SSSR count). The minimum absolute atomic E-state index is 0.118. The van der Waals surface area contributed by atoms with E-state index in [-0.39, 0.29) is 17.3 Å². The number of furan rings is 1. The van der Waals surface area contributed by atoms with Crippen LogP contribution in [-0.4, -0.2) is 18.4 Å². The first-order chi connectivity index (χ1) is 18.8. The quantitative estimate of drug-likeness (QED) is 0.231. The topological polar surface area (TPSA) is 85.3 Å². The summed E-state index contributed by atoms with van der Waals surface area (Å²) in [5.41, 5.74) is 11.5. The number of carbonyl (C=O) groups excluding carboxylic acids is 2. The lowest BCUT2D eigenvalue weighted by molar-refractivity contribution is 0.0947. The van der Waals surface area contributed by atoms with Crippen molar-refractivity contribution in [3.05, 3.63) is 119 Å². The Morgan fingerprint density at radius 2 is 1.59 bits per heavy atom. The molecule has 0 unspecified atom stereocenters. The van der Waals surface area contributed by atoms with Crippen LogP contribution in [0.1, 0.15) is 45.7 Å². The lowest BCUT2D eigenvalue weighted by atomic mass is 9.95. The number of halogens is 1.